The van der Waals surface area contributed by atoms with Gasteiger partial charge >= 0.3 is 0 Å². The lowest BCUT2D eigenvalue weighted by molar-refractivity contribution is -0.131. The summed E-state index contributed by atoms with van der Waals surface area (Å²) in [5.41, 5.74) is 2.22. The Morgan fingerprint density at radius 1 is 1.22 bits per heavy atom. The van der Waals surface area contributed by atoms with Gasteiger partial charge in [0.2, 0.25) is 5.91 Å². The molecule has 5 heteroatoms. The molecule has 0 N–H and O–H groups in total. The van der Waals surface area contributed by atoms with Gasteiger partial charge in [-0.1, -0.05) is 36.4 Å². The van der Waals surface area contributed by atoms with Crippen molar-refractivity contribution in [3.63, 3.8) is 0 Å². The molecule has 4 nitrogen and oxygen atoms in total. The van der Waals surface area contributed by atoms with E-state index in [4.69, 9.17) is 0 Å². The second kappa shape index (κ2) is 6.11. The molecule has 0 aromatic heterocycles. The maximum absolute atomic E-state index is 12.5. The van der Waals surface area contributed by atoms with Gasteiger partial charge in [0.25, 0.3) is 0 Å². The van der Waals surface area contributed by atoms with Gasteiger partial charge in [-0.15, -0.1) is 0 Å². The van der Waals surface area contributed by atoms with E-state index in [9.17, 15) is 13.2 Å². The van der Waals surface area contributed by atoms with Gasteiger partial charge in [0.15, 0.2) is 0 Å². The Morgan fingerprint density at radius 3 is 2.43 bits per heavy atom. The van der Waals surface area contributed by atoms with Crippen LogP contribution in [0.1, 0.15) is 31.2 Å². The minimum absolute atomic E-state index is 0.0921. The Balaban J connectivity index is 1.60. The first-order valence-electron chi connectivity index (χ1n) is 8.07. The van der Waals surface area contributed by atoms with E-state index in [0.717, 1.165) is 19.3 Å². The van der Waals surface area contributed by atoms with Crippen LogP contribution in [0.5, 0.6) is 0 Å². The molecule has 23 heavy (non-hydrogen) atoms. The van der Waals surface area contributed by atoms with E-state index in [-0.39, 0.29) is 17.1 Å². The third kappa shape index (κ3) is 4.22. The van der Waals surface area contributed by atoms with E-state index in [1.165, 1.54) is 17.4 Å². The first-order chi connectivity index (χ1) is 10.9. The van der Waals surface area contributed by atoms with Crippen molar-refractivity contribution in [1.82, 2.24) is 4.90 Å². The smallest absolute Gasteiger partial charge is 0.223 e. The zero-order valence-corrected chi connectivity index (χ0v) is 14.3. The highest BCUT2D eigenvalue weighted by molar-refractivity contribution is 7.90. The first-order valence-corrected chi connectivity index (χ1v) is 10.1. The normalized spacial score (nSPS) is 20.0. The first kappa shape index (κ1) is 16.2. The molecule has 1 saturated carbocycles. The van der Waals surface area contributed by atoms with E-state index >= 15 is 0 Å². The second-order valence-corrected chi connectivity index (χ2v) is 9.07. The summed E-state index contributed by atoms with van der Waals surface area (Å²) in [6, 6.07) is 10.2. The number of carbonyl (C=O) groups is 1. The lowest BCUT2D eigenvalue weighted by atomic mass is 9.98. The molecule has 1 aromatic rings. The molecule has 0 atom stereocenters. The molecule has 1 fully saturated rings. The molecule has 0 unspecified atom stereocenters. The van der Waals surface area contributed by atoms with Crippen LogP contribution in [0.15, 0.2) is 36.4 Å². The molecule has 0 radical (unpaired) electrons. The summed E-state index contributed by atoms with van der Waals surface area (Å²) in [6.07, 6.45) is 6.30. The molecule has 1 aromatic carbocycles. The Kier molecular flexibility index (Phi) is 4.32. The Morgan fingerprint density at radius 2 is 1.91 bits per heavy atom. The largest absolute Gasteiger partial charge is 0.339 e. The molecule has 0 bridgehead atoms. The maximum Gasteiger partial charge on any atom is 0.223 e. The second-order valence-electron chi connectivity index (χ2n) is 6.93. The minimum atomic E-state index is -3.02. The van der Waals surface area contributed by atoms with Crippen molar-refractivity contribution in [2.45, 2.75) is 25.7 Å². The fraction of sp³-hybridized carbons (Fsp3) is 0.500. The van der Waals surface area contributed by atoms with E-state index in [0.29, 0.717) is 19.5 Å². The number of hydrogen-bond acceptors (Lipinski definition) is 3. The predicted molar refractivity (Wildman–Crippen MR) is 91.6 cm³/mol. The Hall–Kier alpha value is -1.62. The molecular formula is C18H23NO3S. The average molecular weight is 333 g/mol. The van der Waals surface area contributed by atoms with Crippen LogP contribution in [0.25, 0.3) is 5.57 Å². The molecule has 3 rings (SSSR count). The maximum atomic E-state index is 12.5. The third-order valence-corrected chi connectivity index (χ3v) is 5.89. The van der Waals surface area contributed by atoms with Crippen molar-refractivity contribution in [2.24, 2.45) is 5.41 Å². The van der Waals surface area contributed by atoms with Crippen molar-refractivity contribution >= 4 is 21.3 Å². The van der Waals surface area contributed by atoms with Gasteiger partial charge in [-0.05, 0) is 35.8 Å². The third-order valence-electron chi connectivity index (χ3n) is 4.76. The summed E-state index contributed by atoms with van der Waals surface area (Å²) in [7, 11) is -3.02. The molecule has 0 spiro atoms. The predicted octanol–water partition coefficient (Wildman–Crippen LogP) is 2.52. The van der Waals surface area contributed by atoms with Gasteiger partial charge in [0, 0.05) is 25.8 Å². The Bertz CT molecular complexity index is 718. The monoisotopic (exact) mass is 333 g/mol. The van der Waals surface area contributed by atoms with Crippen molar-refractivity contribution in [3.05, 3.63) is 42.0 Å². The zero-order valence-electron chi connectivity index (χ0n) is 13.5. The zero-order chi connectivity index (χ0) is 16.5. The number of carbonyl (C=O) groups excluding carboxylic acids is 1. The van der Waals surface area contributed by atoms with Crippen LogP contribution >= 0.6 is 0 Å². The van der Waals surface area contributed by atoms with Crippen molar-refractivity contribution in [2.75, 3.05) is 25.1 Å². The quantitative estimate of drug-likeness (QED) is 0.832. The van der Waals surface area contributed by atoms with Gasteiger partial charge in [0.05, 0.1) is 5.75 Å². The minimum Gasteiger partial charge on any atom is -0.339 e. The highest BCUT2D eigenvalue weighted by Crippen LogP contribution is 2.50. The van der Waals surface area contributed by atoms with E-state index in [1.54, 1.807) is 0 Å². The number of hydrogen-bond donors (Lipinski definition) is 0. The highest BCUT2D eigenvalue weighted by atomic mass is 32.2. The molecule has 1 aliphatic heterocycles. The summed E-state index contributed by atoms with van der Waals surface area (Å²) in [6.45, 7) is 1.34. The molecule has 1 heterocycles. The van der Waals surface area contributed by atoms with Crippen molar-refractivity contribution in [3.8, 4) is 0 Å². The molecule has 2 aliphatic rings. The average Bonchev–Trinajstić information content (AvgIpc) is 3.25. The summed E-state index contributed by atoms with van der Waals surface area (Å²) < 4.78 is 23.0. The topological polar surface area (TPSA) is 54.5 Å². The Labute approximate surface area is 138 Å². The molecular weight excluding hydrogens is 310 g/mol. The van der Waals surface area contributed by atoms with Crippen LogP contribution in [0, 0.1) is 5.41 Å². The van der Waals surface area contributed by atoms with Crippen molar-refractivity contribution in [1.29, 1.82) is 0 Å². The van der Waals surface area contributed by atoms with Crippen LogP contribution in [-0.2, 0) is 14.6 Å². The fourth-order valence-electron chi connectivity index (χ4n) is 3.35. The molecule has 1 amide bonds. The van der Waals surface area contributed by atoms with Crippen molar-refractivity contribution < 1.29 is 13.2 Å². The van der Waals surface area contributed by atoms with Crippen LogP contribution in [0.4, 0.5) is 0 Å². The summed E-state index contributed by atoms with van der Waals surface area (Å²) in [5, 5.41) is 0. The van der Waals surface area contributed by atoms with Gasteiger partial charge in [0.1, 0.15) is 9.84 Å². The van der Waals surface area contributed by atoms with Crippen LogP contribution in [0.3, 0.4) is 0 Å². The number of nitrogens with zero attached hydrogens (tertiary/aromatic N) is 1. The standard InChI is InChI=1S/C18H23NO3S/c1-23(21,22)14-18(9-10-18)13-17(20)19-11-7-16(8-12-19)15-5-3-2-4-6-15/h2-7H,8-14H2,1H3. The lowest BCUT2D eigenvalue weighted by Crippen LogP contribution is -2.36. The van der Waals surface area contributed by atoms with Gasteiger partial charge in [-0.2, -0.15) is 0 Å². The fourth-order valence-corrected chi connectivity index (χ4v) is 4.85. The number of amides is 1. The molecule has 0 saturated heterocycles. The summed E-state index contributed by atoms with van der Waals surface area (Å²) >= 11 is 0. The highest BCUT2D eigenvalue weighted by Gasteiger charge is 2.47. The van der Waals surface area contributed by atoms with Gasteiger partial charge in [-0.3, -0.25) is 4.79 Å². The SMILES string of the molecule is CS(=O)(=O)CC1(CC(=O)N2CC=C(c3ccccc3)CC2)CC1. The number of benzene rings is 1. The number of rotatable bonds is 5. The van der Waals surface area contributed by atoms with Gasteiger partial charge < -0.3 is 4.90 Å². The summed E-state index contributed by atoms with van der Waals surface area (Å²) in [5.74, 6) is 0.236. The lowest BCUT2D eigenvalue weighted by Gasteiger charge is -2.28. The molecule has 1 aliphatic carbocycles. The van der Waals surface area contributed by atoms with Crippen LogP contribution < -0.4 is 0 Å². The van der Waals surface area contributed by atoms with Crippen LogP contribution in [0.2, 0.25) is 0 Å². The van der Waals surface area contributed by atoms with Crippen LogP contribution in [-0.4, -0.2) is 44.3 Å². The van der Waals surface area contributed by atoms with E-state index in [2.05, 4.69) is 18.2 Å². The molecule has 124 valence electrons. The van der Waals surface area contributed by atoms with Gasteiger partial charge in [-0.25, -0.2) is 8.42 Å². The van der Waals surface area contributed by atoms with E-state index < -0.39 is 9.84 Å². The summed E-state index contributed by atoms with van der Waals surface area (Å²) in [4.78, 5) is 14.3. The number of sulfone groups is 1. The van der Waals surface area contributed by atoms with E-state index in [1.807, 2.05) is 23.1 Å².